The molecular formula is C10H15NO2S. The van der Waals surface area contributed by atoms with E-state index in [2.05, 4.69) is 5.32 Å². The fourth-order valence-corrected chi connectivity index (χ4v) is 1.49. The SMILES string of the molecule is CSc1cccc(NCC(O)CO)c1. The molecular weight excluding hydrogens is 198 g/mol. The first kappa shape index (κ1) is 11.4. The molecule has 1 aromatic carbocycles. The summed E-state index contributed by atoms with van der Waals surface area (Å²) in [7, 11) is 0. The number of hydrogen-bond acceptors (Lipinski definition) is 4. The van der Waals surface area contributed by atoms with Crippen LogP contribution in [0, 0.1) is 0 Å². The second-order valence-electron chi connectivity index (χ2n) is 2.95. The molecule has 1 rings (SSSR count). The maximum absolute atomic E-state index is 9.13. The third kappa shape index (κ3) is 3.57. The average molecular weight is 213 g/mol. The Hall–Kier alpha value is -0.710. The summed E-state index contributed by atoms with van der Waals surface area (Å²) in [5, 5.41) is 20.8. The molecule has 0 aliphatic carbocycles. The quantitative estimate of drug-likeness (QED) is 0.643. The van der Waals surface area contributed by atoms with Gasteiger partial charge in [0.2, 0.25) is 0 Å². The molecule has 0 spiro atoms. The molecule has 0 aromatic heterocycles. The Kier molecular flexibility index (Phi) is 4.79. The molecule has 1 atom stereocenters. The van der Waals surface area contributed by atoms with E-state index in [1.165, 1.54) is 4.90 Å². The topological polar surface area (TPSA) is 52.5 Å². The highest BCUT2D eigenvalue weighted by Crippen LogP contribution is 2.18. The van der Waals surface area contributed by atoms with Crippen LogP contribution in [-0.4, -0.2) is 35.7 Å². The van der Waals surface area contributed by atoms with Gasteiger partial charge in [0, 0.05) is 17.1 Å². The van der Waals surface area contributed by atoms with E-state index >= 15 is 0 Å². The van der Waals surface area contributed by atoms with Crippen molar-refractivity contribution in [1.82, 2.24) is 0 Å². The molecule has 0 heterocycles. The molecule has 0 aliphatic rings. The minimum Gasteiger partial charge on any atom is -0.394 e. The monoisotopic (exact) mass is 213 g/mol. The maximum Gasteiger partial charge on any atom is 0.0942 e. The first-order valence-electron chi connectivity index (χ1n) is 4.43. The first-order valence-corrected chi connectivity index (χ1v) is 5.65. The lowest BCUT2D eigenvalue weighted by Gasteiger charge is -2.10. The summed E-state index contributed by atoms with van der Waals surface area (Å²) in [5.74, 6) is 0. The van der Waals surface area contributed by atoms with E-state index in [-0.39, 0.29) is 6.61 Å². The van der Waals surface area contributed by atoms with Gasteiger partial charge in [0.1, 0.15) is 0 Å². The fraction of sp³-hybridized carbons (Fsp3) is 0.400. The molecule has 0 bridgehead atoms. The van der Waals surface area contributed by atoms with E-state index in [1.54, 1.807) is 11.8 Å². The van der Waals surface area contributed by atoms with Crippen LogP contribution in [0.25, 0.3) is 0 Å². The summed E-state index contributed by atoms with van der Waals surface area (Å²) >= 11 is 1.67. The van der Waals surface area contributed by atoms with Crippen LogP contribution in [0.4, 0.5) is 5.69 Å². The fourth-order valence-electron chi connectivity index (χ4n) is 1.03. The average Bonchev–Trinajstić information content (AvgIpc) is 2.26. The Balaban J connectivity index is 2.50. The molecule has 0 fully saturated rings. The van der Waals surface area contributed by atoms with Gasteiger partial charge in [0.05, 0.1) is 12.7 Å². The Morgan fingerprint density at radius 3 is 2.93 bits per heavy atom. The van der Waals surface area contributed by atoms with Crippen LogP contribution in [0.15, 0.2) is 29.2 Å². The van der Waals surface area contributed by atoms with Crippen LogP contribution >= 0.6 is 11.8 Å². The van der Waals surface area contributed by atoms with Crippen molar-refractivity contribution >= 4 is 17.4 Å². The second kappa shape index (κ2) is 5.90. The van der Waals surface area contributed by atoms with Crippen molar-refractivity contribution in [3.63, 3.8) is 0 Å². The Morgan fingerprint density at radius 2 is 2.29 bits per heavy atom. The molecule has 14 heavy (non-hydrogen) atoms. The molecule has 0 saturated heterocycles. The van der Waals surface area contributed by atoms with Crippen LogP contribution in [0.1, 0.15) is 0 Å². The molecule has 0 saturated carbocycles. The zero-order chi connectivity index (χ0) is 10.4. The molecule has 3 nitrogen and oxygen atoms in total. The van der Waals surface area contributed by atoms with Crippen LogP contribution in [0.3, 0.4) is 0 Å². The van der Waals surface area contributed by atoms with Gasteiger partial charge in [-0.3, -0.25) is 0 Å². The lowest BCUT2D eigenvalue weighted by molar-refractivity contribution is 0.105. The number of thioether (sulfide) groups is 1. The highest BCUT2D eigenvalue weighted by Gasteiger charge is 2.01. The van der Waals surface area contributed by atoms with Gasteiger partial charge in [-0.1, -0.05) is 6.07 Å². The standard InChI is InChI=1S/C10H15NO2S/c1-14-10-4-2-3-8(5-10)11-6-9(13)7-12/h2-5,9,11-13H,6-7H2,1H3. The highest BCUT2D eigenvalue weighted by molar-refractivity contribution is 7.98. The van der Waals surface area contributed by atoms with Gasteiger partial charge in [-0.15, -0.1) is 11.8 Å². The van der Waals surface area contributed by atoms with Gasteiger partial charge < -0.3 is 15.5 Å². The van der Waals surface area contributed by atoms with Gasteiger partial charge in [-0.05, 0) is 24.5 Å². The highest BCUT2D eigenvalue weighted by atomic mass is 32.2. The summed E-state index contributed by atoms with van der Waals surface area (Å²) in [6, 6.07) is 7.93. The molecule has 0 aliphatic heterocycles. The van der Waals surface area contributed by atoms with Gasteiger partial charge >= 0.3 is 0 Å². The molecule has 0 radical (unpaired) electrons. The first-order chi connectivity index (χ1) is 6.76. The maximum atomic E-state index is 9.13. The minimum absolute atomic E-state index is 0.213. The van der Waals surface area contributed by atoms with Crippen molar-refractivity contribution in [3.05, 3.63) is 24.3 Å². The number of benzene rings is 1. The van der Waals surface area contributed by atoms with E-state index in [9.17, 15) is 0 Å². The lowest BCUT2D eigenvalue weighted by Crippen LogP contribution is -2.22. The molecule has 3 N–H and O–H groups in total. The predicted molar refractivity (Wildman–Crippen MR) is 59.8 cm³/mol. The van der Waals surface area contributed by atoms with Gasteiger partial charge in [-0.25, -0.2) is 0 Å². The summed E-state index contributed by atoms with van der Waals surface area (Å²) < 4.78 is 0. The van der Waals surface area contributed by atoms with E-state index in [4.69, 9.17) is 10.2 Å². The molecule has 1 unspecified atom stereocenters. The molecule has 4 heteroatoms. The van der Waals surface area contributed by atoms with Crippen LogP contribution in [-0.2, 0) is 0 Å². The Morgan fingerprint density at radius 1 is 1.50 bits per heavy atom. The van der Waals surface area contributed by atoms with Crippen molar-refractivity contribution in [2.45, 2.75) is 11.0 Å². The zero-order valence-corrected chi connectivity index (χ0v) is 8.92. The van der Waals surface area contributed by atoms with Crippen LogP contribution < -0.4 is 5.32 Å². The number of hydrogen-bond donors (Lipinski definition) is 3. The van der Waals surface area contributed by atoms with Crippen molar-refractivity contribution in [1.29, 1.82) is 0 Å². The molecule has 0 amide bonds. The second-order valence-corrected chi connectivity index (χ2v) is 3.83. The number of anilines is 1. The third-order valence-corrected chi connectivity index (χ3v) is 2.55. The van der Waals surface area contributed by atoms with Gasteiger partial charge in [0.15, 0.2) is 0 Å². The third-order valence-electron chi connectivity index (χ3n) is 1.82. The summed E-state index contributed by atoms with van der Waals surface area (Å²) in [5.41, 5.74) is 0.962. The summed E-state index contributed by atoms with van der Waals surface area (Å²) in [6.45, 7) is 0.156. The van der Waals surface area contributed by atoms with Crippen molar-refractivity contribution in [2.24, 2.45) is 0 Å². The molecule has 1 aromatic rings. The van der Waals surface area contributed by atoms with Crippen LogP contribution in [0.2, 0.25) is 0 Å². The lowest BCUT2D eigenvalue weighted by atomic mass is 10.3. The zero-order valence-electron chi connectivity index (χ0n) is 8.10. The van der Waals surface area contributed by atoms with Crippen molar-refractivity contribution < 1.29 is 10.2 Å². The predicted octanol–water partition coefficient (Wildman–Crippen LogP) is 1.17. The van der Waals surface area contributed by atoms with Crippen molar-refractivity contribution in [3.8, 4) is 0 Å². The number of rotatable bonds is 5. The van der Waals surface area contributed by atoms with Gasteiger partial charge in [0.25, 0.3) is 0 Å². The Bertz CT molecular complexity index is 281. The number of nitrogens with one attached hydrogen (secondary N) is 1. The smallest absolute Gasteiger partial charge is 0.0942 e. The van der Waals surface area contributed by atoms with Gasteiger partial charge in [-0.2, -0.15) is 0 Å². The van der Waals surface area contributed by atoms with Crippen molar-refractivity contribution in [2.75, 3.05) is 24.7 Å². The number of aliphatic hydroxyl groups is 2. The van der Waals surface area contributed by atoms with E-state index in [0.717, 1.165) is 5.69 Å². The normalized spacial score (nSPS) is 12.5. The number of aliphatic hydroxyl groups excluding tert-OH is 2. The Labute approximate surface area is 88.2 Å². The largest absolute Gasteiger partial charge is 0.394 e. The van der Waals surface area contributed by atoms with Crippen LogP contribution in [0.5, 0.6) is 0 Å². The van der Waals surface area contributed by atoms with E-state index in [0.29, 0.717) is 6.54 Å². The van der Waals surface area contributed by atoms with E-state index in [1.807, 2.05) is 30.5 Å². The molecule has 78 valence electrons. The van der Waals surface area contributed by atoms with E-state index < -0.39 is 6.10 Å². The minimum atomic E-state index is -0.701. The summed E-state index contributed by atoms with van der Waals surface area (Å²) in [4.78, 5) is 1.17. The summed E-state index contributed by atoms with van der Waals surface area (Å²) in [6.07, 6.45) is 1.31.